The van der Waals surface area contributed by atoms with Gasteiger partial charge in [-0.1, -0.05) is 90.5 Å². The van der Waals surface area contributed by atoms with Crippen LogP contribution < -0.4 is 4.74 Å². The van der Waals surface area contributed by atoms with E-state index >= 15 is 0 Å². The van der Waals surface area contributed by atoms with E-state index in [1.54, 1.807) is 0 Å². The molecule has 0 spiro atoms. The molecular weight excluding hydrogens is 480 g/mol. The molecule has 1 aliphatic rings. The highest BCUT2D eigenvalue weighted by Gasteiger charge is 2.38. The van der Waals surface area contributed by atoms with Gasteiger partial charge < -0.3 is 4.74 Å². The van der Waals surface area contributed by atoms with E-state index in [-0.39, 0.29) is 17.3 Å². The fourth-order valence-electron chi connectivity index (χ4n) is 5.81. The van der Waals surface area contributed by atoms with Gasteiger partial charge in [0.2, 0.25) is 0 Å². The van der Waals surface area contributed by atoms with Crippen LogP contribution in [0.1, 0.15) is 129 Å². The maximum Gasteiger partial charge on any atom is 0.314 e. The lowest BCUT2D eigenvalue weighted by Gasteiger charge is -2.34. The summed E-state index contributed by atoms with van der Waals surface area (Å²) in [6, 6.07) is 14.5. The quantitative estimate of drug-likeness (QED) is 0.116. The molecule has 4 heteroatoms. The van der Waals surface area contributed by atoms with Gasteiger partial charge in [-0.2, -0.15) is 5.26 Å². The summed E-state index contributed by atoms with van der Waals surface area (Å²) in [6.45, 7) is 4.49. The van der Waals surface area contributed by atoms with Crippen LogP contribution in [0.15, 0.2) is 42.6 Å². The Bertz CT molecular complexity index is 998. The van der Waals surface area contributed by atoms with Crippen molar-refractivity contribution >= 4 is 5.97 Å². The number of carbonyl (C=O) groups excluding carboxylic acids is 1. The van der Waals surface area contributed by atoms with E-state index in [1.165, 1.54) is 76.2 Å². The smallest absolute Gasteiger partial charge is 0.314 e. The zero-order chi connectivity index (χ0) is 27.8. The number of hydrogen-bond donors (Lipinski definition) is 0. The minimum atomic E-state index is -0.251. The molecular formula is C35H50N2O2. The summed E-state index contributed by atoms with van der Waals surface area (Å²) in [6.07, 6.45) is 22.4. The minimum absolute atomic E-state index is 0.114. The average Bonchev–Trinajstić information content (AvgIpc) is 2.97. The fourth-order valence-corrected chi connectivity index (χ4v) is 5.81. The van der Waals surface area contributed by atoms with E-state index in [9.17, 15) is 10.1 Å². The van der Waals surface area contributed by atoms with Gasteiger partial charge in [0.25, 0.3) is 0 Å². The number of aromatic nitrogens is 1. The van der Waals surface area contributed by atoms with Crippen molar-refractivity contribution in [2.24, 2.45) is 11.3 Å². The molecule has 0 aliphatic heterocycles. The molecule has 1 aromatic heterocycles. The van der Waals surface area contributed by atoms with Gasteiger partial charge in [0.15, 0.2) is 0 Å². The van der Waals surface area contributed by atoms with E-state index < -0.39 is 0 Å². The van der Waals surface area contributed by atoms with Crippen molar-refractivity contribution < 1.29 is 9.53 Å². The number of pyridine rings is 1. The second kappa shape index (κ2) is 17.1. The molecule has 0 atom stereocenters. The molecule has 1 saturated carbocycles. The Labute approximate surface area is 237 Å². The van der Waals surface area contributed by atoms with Crippen molar-refractivity contribution in [2.45, 2.75) is 129 Å². The van der Waals surface area contributed by atoms with Crippen LogP contribution in [0.25, 0.3) is 11.3 Å². The second-order valence-electron chi connectivity index (χ2n) is 11.7. The van der Waals surface area contributed by atoms with Crippen molar-refractivity contribution in [3.63, 3.8) is 0 Å². The van der Waals surface area contributed by atoms with Gasteiger partial charge in [-0.25, -0.2) is 0 Å². The van der Waals surface area contributed by atoms with Crippen LogP contribution in [0.3, 0.4) is 0 Å². The summed E-state index contributed by atoms with van der Waals surface area (Å²) in [5.74, 6) is 0.302. The first kappa shape index (κ1) is 30.9. The number of rotatable bonds is 17. The van der Waals surface area contributed by atoms with Crippen LogP contribution >= 0.6 is 0 Å². The Morgan fingerprint density at radius 3 is 2.08 bits per heavy atom. The number of aryl methyl sites for hydroxylation is 1. The lowest BCUT2D eigenvalue weighted by Crippen LogP contribution is -2.31. The maximum atomic E-state index is 12.9. The second-order valence-corrected chi connectivity index (χ2v) is 11.7. The number of ether oxygens (including phenoxy) is 1. The summed E-state index contributed by atoms with van der Waals surface area (Å²) in [5.41, 5.74) is 2.99. The van der Waals surface area contributed by atoms with Crippen LogP contribution in [0.5, 0.6) is 5.75 Å². The van der Waals surface area contributed by atoms with Crippen molar-refractivity contribution in [3.05, 3.63) is 48.2 Å². The average molecular weight is 531 g/mol. The zero-order valence-electron chi connectivity index (χ0n) is 24.6. The third kappa shape index (κ3) is 10.4. The van der Waals surface area contributed by atoms with Crippen LogP contribution in [0.4, 0.5) is 0 Å². The molecule has 0 N–H and O–H groups in total. The Morgan fingerprint density at radius 1 is 0.872 bits per heavy atom. The Hall–Kier alpha value is -2.67. The van der Waals surface area contributed by atoms with Crippen molar-refractivity contribution in [3.8, 4) is 23.1 Å². The highest BCUT2D eigenvalue weighted by molar-refractivity contribution is 5.75. The highest BCUT2D eigenvalue weighted by Crippen LogP contribution is 2.43. The normalized spacial score (nSPS) is 18.9. The van der Waals surface area contributed by atoms with Crippen molar-refractivity contribution in [1.82, 2.24) is 4.98 Å². The molecule has 0 bridgehead atoms. The predicted octanol–water partition coefficient (Wildman–Crippen LogP) is 10.0. The highest BCUT2D eigenvalue weighted by atomic mass is 16.5. The number of unbranched alkanes of at least 4 members (excludes halogenated alkanes) is 10. The fraction of sp³-hybridized carbons (Fsp3) is 0.629. The first-order valence-electron chi connectivity index (χ1n) is 15.8. The molecule has 1 fully saturated rings. The van der Waals surface area contributed by atoms with Crippen LogP contribution in [0, 0.1) is 22.7 Å². The summed E-state index contributed by atoms with van der Waals surface area (Å²) in [7, 11) is 0. The molecule has 0 saturated heterocycles. The minimum Gasteiger partial charge on any atom is -0.426 e. The monoisotopic (exact) mass is 530 g/mol. The van der Waals surface area contributed by atoms with E-state index in [4.69, 9.17) is 4.74 Å². The molecule has 1 heterocycles. The standard InChI is InChI=1S/C35H50N2O2/c1-3-5-7-9-10-12-14-24-35(28-36)25-22-31(23-26-35)34(38)39-32-19-17-30(18-20-32)33-21-16-29(27-37-33)15-13-11-8-6-4-2/h16-21,27,31H,3-15,22-26H2,1-2H3/t31-,35-. The van der Waals surface area contributed by atoms with E-state index in [2.05, 4.69) is 37.0 Å². The molecule has 212 valence electrons. The maximum absolute atomic E-state index is 12.9. The van der Waals surface area contributed by atoms with Crippen molar-refractivity contribution in [1.29, 1.82) is 5.26 Å². The largest absolute Gasteiger partial charge is 0.426 e. The number of nitrogens with zero attached hydrogens (tertiary/aromatic N) is 2. The number of benzene rings is 1. The van der Waals surface area contributed by atoms with Gasteiger partial charge >= 0.3 is 5.97 Å². The summed E-state index contributed by atoms with van der Waals surface area (Å²) in [4.78, 5) is 17.5. The molecule has 4 nitrogen and oxygen atoms in total. The molecule has 1 aromatic carbocycles. The summed E-state index contributed by atoms with van der Waals surface area (Å²) in [5, 5.41) is 9.90. The Balaban J connectivity index is 1.40. The van der Waals surface area contributed by atoms with Gasteiger partial charge in [-0.3, -0.25) is 9.78 Å². The van der Waals surface area contributed by atoms with Gasteiger partial charge in [-0.05, 0) is 80.8 Å². The van der Waals surface area contributed by atoms with E-state index in [0.29, 0.717) is 5.75 Å². The summed E-state index contributed by atoms with van der Waals surface area (Å²) < 4.78 is 5.74. The SMILES string of the molecule is CCCCCCCCC[C@]1(C#N)CC[C@H](C(=O)Oc2ccc(-c3ccc(CCCCCCC)cn3)cc2)CC1. The molecule has 39 heavy (non-hydrogen) atoms. The third-order valence-corrected chi connectivity index (χ3v) is 8.53. The van der Waals surface area contributed by atoms with Gasteiger partial charge in [0, 0.05) is 11.8 Å². The van der Waals surface area contributed by atoms with Crippen LogP contribution in [-0.2, 0) is 11.2 Å². The Morgan fingerprint density at radius 2 is 1.49 bits per heavy atom. The predicted molar refractivity (Wildman–Crippen MR) is 160 cm³/mol. The molecule has 0 amide bonds. The molecule has 0 radical (unpaired) electrons. The van der Waals surface area contributed by atoms with E-state index in [1.807, 2.05) is 30.5 Å². The van der Waals surface area contributed by atoms with Gasteiger partial charge in [-0.15, -0.1) is 0 Å². The first-order valence-corrected chi connectivity index (χ1v) is 15.8. The number of hydrogen-bond acceptors (Lipinski definition) is 4. The third-order valence-electron chi connectivity index (χ3n) is 8.53. The molecule has 1 aliphatic carbocycles. The molecule has 0 unspecified atom stereocenters. The lowest BCUT2D eigenvalue weighted by molar-refractivity contribution is -0.140. The Kier molecular flexibility index (Phi) is 13.5. The van der Waals surface area contributed by atoms with E-state index in [0.717, 1.165) is 56.2 Å². The first-order chi connectivity index (χ1) is 19.1. The summed E-state index contributed by atoms with van der Waals surface area (Å²) >= 11 is 0. The van der Waals surface area contributed by atoms with Crippen LogP contribution in [-0.4, -0.2) is 11.0 Å². The number of carbonyl (C=O) groups is 1. The lowest BCUT2D eigenvalue weighted by atomic mass is 9.69. The molecule has 2 aromatic rings. The van der Waals surface area contributed by atoms with Gasteiger partial charge in [0.05, 0.1) is 23.1 Å². The van der Waals surface area contributed by atoms with Crippen molar-refractivity contribution in [2.75, 3.05) is 0 Å². The van der Waals surface area contributed by atoms with Gasteiger partial charge in [0.1, 0.15) is 5.75 Å². The number of nitriles is 1. The topological polar surface area (TPSA) is 63.0 Å². The molecule has 3 rings (SSSR count). The number of esters is 1. The van der Waals surface area contributed by atoms with Crippen LogP contribution in [0.2, 0.25) is 0 Å². The zero-order valence-corrected chi connectivity index (χ0v) is 24.6.